The van der Waals surface area contributed by atoms with Crippen LogP contribution in [0.1, 0.15) is 13.3 Å². The van der Waals surface area contributed by atoms with E-state index in [0.29, 0.717) is 19.6 Å². The number of nitrogens with zero attached hydrogens (tertiary/aromatic N) is 1. The van der Waals surface area contributed by atoms with Gasteiger partial charge < -0.3 is 5.73 Å². The van der Waals surface area contributed by atoms with Gasteiger partial charge in [-0.25, -0.2) is 5.06 Å². The summed E-state index contributed by atoms with van der Waals surface area (Å²) in [4.78, 5) is 16.0. The van der Waals surface area contributed by atoms with Crippen molar-refractivity contribution in [1.82, 2.24) is 5.06 Å². The van der Waals surface area contributed by atoms with Crippen molar-refractivity contribution in [3.05, 3.63) is 0 Å². The number of carbonyl (C=O) groups excluding carboxylic acids is 1. The van der Waals surface area contributed by atoms with Crippen LogP contribution in [0.25, 0.3) is 0 Å². The van der Waals surface area contributed by atoms with E-state index in [1.165, 1.54) is 5.06 Å². The van der Waals surface area contributed by atoms with Crippen molar-refractivity contribution in [3.8, 4) is 0 Å². The van der Waals surface area contributed by atoms with Crippen molar-refractivity contribution in [2.24, 2.45) is 5.73 Å². The van der Waals surface area contributed by atoms with Gasteiger partial charge in [0.05, 0.1) is 19.2 Å². The van der Waals surface area contributed by atoms with E-state index in [1.807, 2.05) is 6.92 Å². The molecule has 2 N–H and O–H groups in total. The monoisotopic (exact) mass is 144 g/mol. The summed E-state index contributed by atoms with van der Waals surface area (Å²) >= 11 is 0. The Hall–Kier alpha value is -0.610. The summed E-state index contributed by atoms with van der Waals surface area (Å²) in [7, 11) is 0. The number of carbonyl (C=O) groups is 1. The maximum atomic E-state index is 11.0. The minimum atomic E-state index is -0.341. The molecule has 0 saturated carbocycles. The average molecular weight is 144 g/mol. The minimum absolute atomic E-state index is 0.0955. The molecule has 0 bridgehead atoms. The van der Waals surface area contributed by atoms with Crippen molar-refractivity contribution in [1.29, 1.82) is 0 Å². The molecule has 0 aromatic carbocycles. The SMILES string of the molecule is CCON1CCC(N)C1=O. The van der Waals surface area contributed by atoms with E-state index < -0.39 is 0 Å². The molecule has 1 atom stereocenters. The third-order valence-electron chi connectivity index (χ3n) is 1.49. The number of hydrogen-bond donors (Lipinski definition) is 1. The van der Waals surface area contributed by atoms with Gasteiger partial charge >= 0.3 is 0 Å². The Morgan fingerprint density at radius 3 is 3.00 bits per heavy atom. The molecular formula is C6H12N2O2. The Kier molecular flexibility index (Phi) is 2.24. The lowest BCUT2D eigenvalue weighted by molar-refractivity contribution is -0.176. The van der Waals surface area contributed by atoms with Crippen molar-refractivity contribution >= 4 is 5.91 Å². The standard InChI is InChI=1S/C6H12N2O2/c1-2-10-8-4-3-5(7)6(8)9/h5H,2-4,7H2,1H3. The van der Waals surface area contributed by atoms with Crippen LogP contribution in [0.3, 0.4) is 0 Å². The summed E-state index contributed by atoms with van der Waals surface area (Å²) in [5, 5.41) is 1.34. The van der Waals surface area contributed by atoms with Gasteiger partial charge in [-0.2, -0.15) is 0 Å². The summed E-state index contributed by atoms with van der Waals surface area (Å²) < 4.78 is 0. The highest BCUT2D eigenvalue weighted by Gasteiger charge is 2.28. The Morgan fingerprint density at radius 1 is 1.90 bits per heavy atom. The van der Waals surface area contributed by atoms with Crippen LogP contribution in [-0.4, -0.2) is 30.2 Å². The van der Waals surface area contributed by atoms with E-state index in [0.717, 1.165) is 0 Å². The van der Waals surface area contributed by atoms with Crippen LogP contribution >= 0.6 is 0 Å². The Bertz CT molecular complexity index is 136. The molecular weight excluding hydrogens is 132 g/mol. The lowest BCUT2D eigenvalue weighted by Gasteiger charge is -2.13. The zero-order valence-electron chi connectivity index (χ0n) is 6.04. The molecule has 10 heavy (non-hydrogen) atoms. The molecule has 4 heteroatoms. The van der Waals surface area contributed by atoms with Crippen LogP contribution in [-0.2, 0) is 9.63 Å². The highest BCUT2D eigenvalue weighted by atomic mass is 16.7. The summed E-state index contributed by atoms with van der Waals surface area (Å²) in [5.74, 6) is -0.0955. The summed E-state index contributed by atoms with van der Waals surface area (Å²) in [5.41, 5.74) is 5.43. The molecule has 1 saturated heterocycles. The lowest BCUT2D eigenvalue weighted by atomic mass is 10.3. The number of nitrogens with two attached hydrogens (primary N) is 1. The van der Waals surface area contributed by atoms with Crippen LogP contribution < -0.4 is 5.73 Å². The number of hydrogen-bond acceptors (Lipinski definition) is 3. The second-order valence-electron chi connectivity index (χ2n) is 2.25. The van der Waals surface area contributed by atoms with E-state index in [9.17, 15) is 4.79 Å². The molecule has 4 nitrogen and oxygen atoms in total. The maximum absolute atomic E-state index is 11.0. The predicted molar refractivity (Wildman–Crippen MR) is 35.9 cm³/mol. The molecule has 1 aliphatic rings. The molecule has 1 unspecified atom stereocenters. The van der Waals surface area contributed by atoms with E-state index >= 15 is 0 Å². The Labute approximate surface area is 59.9 Å². The van der Waals surface area contributed by atoms with Crippen LogP contribution in [0, 0.1) is 0 Å². The van der Waals surface area contributed by atoms with Gasteiger partial charge in [0.15, 0.2) is 0 Å². The molecule has 1 fully saturated rings. The van der Waals surface area contributed by atoms with Gasteiger partial charge in [0.1, 0.15) is 0 Å². The third-order valence-corrected chi connectivity index (χ3v) is 1.49. The molecule has 0 aromatic rings. The van der Waals surface area contributed by atoms with Gasteiger partial charge in [0, 0.05) is 0 Å². The van der Waals surface area contributed by atoms with Gasteiger partial charge in [-0.15, -0.1) is 0 Å². The molecule has 1 heterocycles. The second-order valence-corrected chi connectivity index (χ2v) is 2.25. The van der Waals surface area contributed by atoms with E-state index in [2.05, 4.69) is 0 Å². The van der Waals surface area contributed by atoms with Crippen LogP contribution in [0.15, 0.2) is 0 Å². The molecule has 58 valence electrons. The van der Waals surface area contributed by atoms with Crippen LogP contribution in [0.4, 0.5) is 0 Å². The third kappa shape index (κ3) is 1.27. The minimum Gasteiger partial charge on any atom is -0.320 e. The first-order chi connectivity index (χ1) is 4.75. The molecule has 0 spiro atoms. The summed E-state index contributed by atoms with van der Waals surface area (Å²) in [6.07, 6.45) is 0.707. The van der Waals surface area contributed by atoms with Crippen molar-refractivity contribution in [2.45, 2.75) is 19.4 Å². The summed E-state index contributed by atoms with van der Waals surface area (Å²) in [6, 6.07) is -0.341. The quantitative estimate of drug-likeness (QED) is 0.568. The predicted octanol–water partition coefficient (Wildman–Crippen LogP) is -0.502. The fraction of sp³-hybridized carbons (Fsp3) is 0.833. The van der Waals surface area contributed by atoms with Crippen molar-refractivity contribution in [3.63, 3.8) is 0 Å². The Morgan fingerprint density at radius 2 is 2.60 bits per heavy atom. The lowest BCUT2D eigenvalue weighted by Crippen LogP contribution is -2.33. The molecule has 0 aromatic heterocycles. The normalized spacial score (nSPS) is 26.0. The fourth-order valence-corrected chi connectivity index (χ4v) is 0.959. The van der Waals surface area contributed by atoms with Crippen molar-refractivity contribution in [2.75, 3.05) is 13.2 Å². The highest BCUT2D eigenvalue weighted by molar-refractivity contribution is 5.82. The zero-order chi connectivity index (χ0) is 7.56. The zero-order valence-corrected chi connectivity index (χ0v) is 6.04. The average Bonchev–Trinajstić information content (AvgIpc) is 2.20. The molecule has 1 aliphatic heterocycles. The first kappa shape index (κ1) is 7.50. The van der Waals surface area contributed by atoms with Gasteiger partial charge in [-0.3, -0.25) is 9.63 Å². The van der Waals surface area contributed by atoms with Crippen LogP contribution in [0.5, 0.6) is 0 Å². The molecule has 1 amide bonds. The Balaban J connectivity index is 2.41. The fourth-order valence-electron chi connectivity index (χ4n) is 0.959. The van der Waals surface area contributed by atoms with Crippen LogP contribution in [0.2, 0.25) is 0 Å². The van der Waals surface area contributed by atoms with E-state index in [1.54, 1.807) is 0 Å². The number of amides is 1. The number of rotatable bonds is 2. The van der Waals surface area contributed by atoms with E-state index in [-0.39, 0.29) is 11.9 Å². The largest absolute Gasteiger partial charge is 0.320 e. The van der Waals surface area contributed by atoms with E-state index in [4.69, 9.17) is 10.6 Å². The van der Waals surface area contributed by atoms with Gasteiger partial charge in [0.25, 0.3) is 5.91 Å². The van der Waals surface area contributed by atoms with Gasteiger partial charge in [-0.05, 0) is 13.3 Å². The summed E-state index contributed by atoms with van der Waals surface area (Å²) in [6.45, 7) is 3.00. The first-order valence-corrected chi connectivity index (χ1v) is 3.45. The smallest absolute Gasteiger partial charge is 0.263 e. The number of hydroxylamine groups is 2. The molecule has 1 rings (SSSR count). The van der Waals surface area contributed by atoms with Gasteiger partial charge in [0.2, 0.25) is 0 Å². The second kappa shape index (κ2) is 2.98. The first-order valence-electron chi connectivity index (χ1n) is 3.45. The molecule has 0 aliphatic carbocycles. The highest BCUT2D eigenvalue weighted by Crippen LogP contribution is 2.08. The molecule has 0 radical (unpaired) electrons. The maximum Gasteiger partial charge on any atom is 0.263 e. The van der Waals surface area contributed by atoms with Gasteiger partial charge in [-0.1, -0.05) is 0 Å². The van der Waals surface area contributed by atoms with Crippen molar-refractivity contribution < 1.29 is 9.63 Å². The topological polar surface area (TPSA) is 55.6 Å².